The van der Waals surface area contributed by atoms with Gasteiger partial charge in [0.2, 0.25) is 0 Å². The standard InChI is InChI=1S/C21H26ClNO2/c1-17(16-24-19-12-10-18(22)11-13-19)21(23-14-6-3-7-15-23)25-20-8-4-2-5-9-20/h2,4-5,8-13,17,21H,3,6-7,14-16H2,1H3. The monoisotopic (exact) mass is 359 g/mol. The van der Waals surface area contributed by atoms with E-state index < -0.39 is 0 Å². The van der Waals surface area contributed by atoms with Crippen molar-refractivity contribution in [3.63, 3.8) is 0 Å². The lowest BCUT2D eigenvalue weighted by Gasteiger charge is -2.37. The van der Waals surface area contributed by atoms with E-state index in [1.807, 2.05) is 54.6 Å². The van der Waals surface area contributed by atoms with E-state index in [2.05, 4.69) is 11.8 Å². The summed E-state index contributed by atoms with van der Waals surface area (Å²) in [5.41, 5.74) is 0. The molecule has 1 saturated heterocycles. The van der Waals surface area contributed by atoms with E-state index >= 15 is 0 Å². The van der Waals surface area contributed by atoms with Crippen LogP contribution in [0.5, 0.6) is 11.5 Å². The summed E-state index contributed by atoms with van der Waals surface area (Å²) in [5.74, 6) is 2.00. The van der Waals surface area contributed by atoms with Crippen LogP contribution in [0.25, 0.3) is 0 Å². The van der Waals surface area contributed by atoms with Gasteiger partial charge in [-0.25, -0.2) is 0 Å². The van der Waals surface area contributed by atoms with E-state index in [-0.39, 0.29) is 12.1 Å². The van der Waals surface area contributed by atoms with Crippen LogP contribution >= 0.6 is 11.6 Å². The van der Waals surface area contributed by atoms with Gasteiger partial charge in [-0.15, -0.1) is 0 Å². The average Bonchev–Trinajstić information content (AvgIpc) is 2.67. The summed E-state index contributed by atoms with van der Waals surface area (Å²) in [6, 6.07) is 17.6. The van der Waals surface area contributed by atoms with Gasteiger partial charge in [-0.2, -0.15) is 0 Å². The van der Waals surface area contributed by atoms with Crippen LogP contribution in [0.4, 0.5) is 0 Å². The van der Waals surface area contributed by atoms with Gasteiger partial charge >= 0.3 is 0 Å². The van der Waals surface area contributed by atoms with Crippen LogP contribution in [0, 0.1) is 5.92 Å². The largest absolute Gasteiger partial charge is 0.493 e. The average molecular weight is 360 g/mol. The van der Waals surface area contributed by atoms with E-state index in [1.165, 1.54) is 19.3 Å². The van der Waals surface area contributed by atoms with Crippen molar-refractivity contribution in [2.45, 2.75) is 32.4 Å². The molecule has 2 aromatic carbocycles. The third-order valence-corrected chi connectivity index (χ3v) is 4.82. The van der Waals surface area contributed by atoms with Crippen molar-refractivity contribution in [2.24, 2.45) is 5.92 Å². The Morgan fingerprint density at radius 3 is 2.28 bits per heavy atom. The van der Waals surface area contributed by atoms with Crippen LogP contribution in [-0.2, 0) is 0 Å². The number of halogens is 1. The summed E-state index contributed by atoms with van der Waals surface area (Å²) in [4.78, 5) is 2.45. The van der Waals surface area contributed by atoms with Crippen molar-refractivity contribution < 1.29 is 9.47 Å². The molecule has 0 aromatic heterocycles. The number of rotatable bonds is 7. The molecule has 0 bridgehead atoms. The third kappa shape index (κ3) is 5.38. The second kappa shape index (κ2) is 9.12. The highest BCUT2D eigenvalue weighted by atomic mass is 35.5. The summed E-state index contributed by atoms with van der Waals surface area (Å²) in [6.45, 7) is 4.97. The number of likely N-dealkylation sites (tertiary alicyclic amines) is 1. The van der Waals surface area contributed by atoms with Gasteiger partial charge < -0.3 is 9.47 Å². The van der Waals surface area contributed by atoms with Crippen molar-refractivity contribution in [3.8, 4) is 11.5 Å². The molecule has 2 aromatic rings. The predicted molar refractivity (Wildman–Crippen MR) is 102 cm³/mol. The minimum Gasteiger partial charge on any atom is -0.493 e. The van der Waals surface area contributed by atoms with Crippen LogP contribution in [0.15, 0.2) is 54.6 Å². The maximum atomic E-state index is 6.35. The smallest absolute Gasteiger partial charge is 0.158 e. The molecular weight excluding hydrogens is 334 g/mol. The maximum absolute atomic E-state index is 6.35. The molecule has 3 rings (SSSR count). The highest BCUT2D eigenvalue weighted by molar-refractivity contribution is 6.30. The zero-order valence-electron chi connectivity index (χ0n) is 14.7. The second-order valence-corrected chi connectivity index (χ2v) is 7.10. The topological polar surface area (TPSA) is 21.7 Å². The number of benzene rings is 2. The number of hydrogen-bond acceptors (Lipinski definition) is 3. The van der Waals surface area contributed by atoms with Crippen LogP contribution in [-0.4, -0.2) is 30.8 Å². The molecule has 1 aliphatic rings. The van der Waals surface area contributed by atoms with Crippen molar-refractivity contribution >= 4 is 11.6 Å². The molecule has 25 heavy (non-hydrogen) atoms. The molecule has 1 heterocycles. The van der Waals surface area contributed by atoms with E-state index in [9.17, 15) is 0 Å². The fraction of sp³-hybridized carbons (Fsp3) is 0.429. The quantitative estimate of drug-likeness (QED) is 0.674. The number of para-hydroxylation sites is 1. The molecule has 0 saturated carbocycles. The van der Waals surface area contributed by atoms with Gasteiger partial charge in [0.25, 0.3) is 0 Å². The number of ether oxygens (including phenoxy) is 2. The molecule has 0 N–H and O–H groups in total. The Kier molecular flexibility index (Phi) is 6.60. The Bertz CT molecular complexity index is 626. The first-order valence-corrected chi connectivity index (χ1v) is 9.44. The first kappa shape index (κ1) is 18.1. The summed E-state index contributed by atoms with van der Waals surface area (Å²) < 4.78 is 12.3. The van der Waals surface area contributed by atoms with E-state index in [0.29, 0.717) is 6.61 Å². The van der Waals surface area contributed by atoms with E-state index in [1.54, 1.807) is 0 Å². The number of nitrogens with zero attached hydrogens (tertiary/aromatic N) is 1. The summed E-state index contributed by atoms with van der Waals surface area (Å²) in [7, 11) is 0. The van der Waals surface area contributed by atoms with Crippen molar-refractivity contribution in [1.82, 2.24) is 4.90 Å². The first-order valence-electron chi connectivity index (χ1n) is 9.06. The first-order chi connectivity index (χ1) is 12.2. The van der Waals surface area contributed by atoms with Gasteiger partial charge in [-0.1, -0.05) is 43.1 Å². The molecule has 2 atom stereocenters. The Hall–Kier alpha value is -1.71. The fourth-order valence-electron chi connectivity index (χ4n) is 3.20. The zero-order valence-corrected chi connectivity index (χ0v) is 15.5. The minimum atomic E-state index is 0.0231. The number of piperidine rings is 1. The van der Waals surface area contributed by atoms with Gasteiger partial charge in [0.05, 0.1) is 6.61 Å². The molecule has 0 amide bonds. The molecular formula is C21H26ClNO2. The van der Waals surface area contributed by atoms with Crippen molar-refractivity contribution in [3.05, 3.63) is 59.6 Å². The van der Waals surface area contributed by atoms with Crippen LogP contribution < -0.4 is 9.47 Å². The zero-order chi connectivity index (χ0) is 17.5. The SMILES string of the molecule is CC(COc1ccc(Cl)cc1)C(Oc1ccccc1)N1CCCCC1. The van der Waals surface area contributed by atoms with Gasteiger partial charge in [-0.05, 0) is 49.2 Å². The highest BCUT2D eigenvalue weighted by Gasteiger charge is 2.28. The summed E-state index contributed by atoms with van der Waals surface area (Å²) in [6.07, 6.45) is 3.80. The molecule has 3 nitrogen and oxygen atoms in total. The van der Waals surface area contributed by atoms with Gasteiger partial charge in [0.15, 0.2) is 6.23 Å². The highest BCUT2D eigenvalue weighted by Crippen LogP contribution is 2.23. The molecule has 0 aliphatic carbocycles. The Morgan fingerprint density at radius 1 is 0.920 bits per heavy atom. The Balaban J connectivity index is 1.65. The normalized spacial score (nSPS) is 17.7. The fourth-order valence-corrected chi connectivity index (χ4v) is 3.33. The van der Waals surface area contributed by atoms with Gasteiger partial charge in [0, 0.05) is 24.0 Å². The Morgan fingerprint density at radius 2 is 1.60 bits per heavy atom. The molecule has 134 valence electrons. The predicted octanol–water partition coefficient (Wildman–Crippen LogP) is 5.25. The maximum Gasteiger partial charge on any atom is 0.158 e. The van der Waals surface area contributed by atoms with E-state index in [0.717, 1.165) is 29.6 Å². The lowest BCUT2D eigenvalue weighted by atomic mass is 10.1. The molecule has 1 fully saturated rings. The van der Waals surface area contributed by atoms with Crippen molar-refractivity contribution in [1.29, 1.82) is 0 Å². The van der Waals surface area contributed by atoms with Gasteiger partial charge in [-0.3, -0.25) is 4.90 Å². The van der Waals surface area contributed by atoms with E-state index in [4.69, 9.17) is 21.1 Å². The minimum absolute atomic E-state index is 0.0231. The third-order valence-electron chi connectivity index (χ3n) is 4.56. The van der Waals surface area contributed by atoms with Gasteiger partial charge in [0.1, 0.15) is 11.5 Å². The summed E-state index contributed by atoms with van der Waals surface area (Å²) >= 11 is 5.93. The molecule has 1 aliphatic heterocycles. The number of hydrogen-bond donors (Lipinski definition) is 0. The molecule has 0 radical (unpaired) electrons. The van der Waals surface area contributed by atoms with Crippen LogP contribution in [0.1, 0.15) is 26.2 Å². The molecule has 2 unspecified atom stereocenters. The van der Waals surface area contributed by atoms with Crippen LogP contribution in [0.3, 0.4) is 0 Å². The molecule has 4 heteroatoms. The lowest BCUT2D eigenvalue weighted by molar-refractivity contribution is -0.0362. The lowest BCUT2D eigenvalue weighted by Crippen LogP contribution is -2.48. The Labute approximate surface area is 155 Å². The van der Waals surface area contributed by atoms with Crippen molar-refractivity contribution in [2.75, 3.05) is 19.7 Å². The molecule has 0 spiro atoms. The second-order valence-electron chi connectivity index (χ2n) is 6.66. The van der Waals surface area contributed by atoms with Crippen LogP contribution in [0.2, 0.25) is 5.02 Å². The summed E-state index contributed by atoms with van der Waals surface area (Å²) in [5, 5.41) is 0.721.